The van der Waals surface area contributed by atoms with Gasteiger partial charge in [-0.15, -0.1) is 0 Å². The van der Waals surface area contributed by atoms with Crippen molar-refractivity contribution in [2.75, 3.05) is 14.2 Å². The molecule has 0 aliphatic heterocycles. The highest BCUT2D eigenvalue weighted by atomic mass is 32.2. The van der Waals surface area contributed by atoms with E-state index in [-0.39, 0.29) is 16.9 Å². The molecule has 0 spiro atoms. The van der Waals surface area contributed by atoms with Crippen molar-refractivity contribution in [3.8, 4) is 5.75 Å². The van der Waals surface area contributed by atoms with E-state index in [4.69, 9.17) is 14.6 Å². The Morgan fingerprint density at radius 2 is 1.97 bits per heavy atom. The molecule has 0 radical (unpaired) electrons. The molecule has 3 aromatic rings. The first-order valence-electron chi connectivity index (χ1n) is 8.80. The Kier molecular flexibility index (Phi) is 4.64. The second-order valence-electron chi connectivity index (χ2n) is 6.67. The van der Waals surface area contributed by atoms with Crippen LogP contribution < -0.4 is 9.88 Å². The minimum absolute atomic E-state index is 0.111. The first-order chi connectivity index (χ1) is 13.8. The van der Waals surface area contributed by atoms with Gasteiger partial charge in [-0.05, 0) is 36.1 Å². The molecule has 0 bridgehead atoms. The smallest absolute Gasteiger partial charge is 0.335 e. The average molecular weight is 413 g/mol. The van der Waals surface area contributed by atoms with Gasteiger partial charge in [-0.25, -0.2) is 18.4 Å². The molecule has 1 aliphatic rings. The Morgan fingerprint density at radius 3 is 2.66 bits per heavy atom. The quantitative estimate of drug-likeness (QED) is 0.657. The lowest BCUT2D eigenvalue weighted by Gasteiger charge is -2.23. The Labute approximate surface area is 167 Å². The van der Waals surface area contributed by atoms with Gasteiger partial charge in [0.05, 0.1) is 42.5 Å². The number of sulfonamides is 1. The predicted octanol–water partition coefficient (Wildman–Crippen LogP) is 2.41. The summed E-state index contributed by atoms with van der Waals surface area (Å²) in [4.78, 5) is 12.3. The molecular formula is C20H19N3O5S. The number of esters is 1. The van der Waals surface area contributed by atoms with Crippen molar-refractivity contribution in [2.45, 2.75) is 12.5 Å². The monoisotopic (exact) mass is 413 g/mol. The van der Waals surface area contributed by atoms with Gasteiger partial charge in [0.2, 0.25) is 10.0 Å². The molecule has 1 unspecified atom stereocenters. The van der Waals surface area contributed by atoms with Crippen LogP contribution in [0.2, 0.25) is 0 Å². The molecule has 150 valence electrons. The minimum atomic E-state index is -3.94. The third-order valence-electron chi connectivity index (χ3n) is 5.02. The van der Waals surface area contributed by atoms with Crippen LogP contribution in [-0.4, -0.2) is 38.4 Å². The van der Waals surface area contributed by atoms with Crippen molar-refractivity contribution >= 4 is 37.7 Å². The Morgan fingerprint density at radius 1 is 1.21 bits per heavy atom. The van der Waals surface area contributed by atoms with Gasteiger partial charge in [0.15, 0.2) is 0 Å². The van der Waals surface area contributed by atoms with Crippen molar-refractivity contribution < 1.29 is 22.7 Å². The fourth-order valence-electron chi connectivity index (χ4n) is 3.62. The van der Waals surface area contributed by atoms with E-state index in [2.05, 4.69) is 5.10 Å². The highest BCUT2D eigenvalue weighted by molar-refractivity contribution is 7.93. The van der Waals surface area contributed by atoms with Crippen LogP contribution in [0.15, 0.2) is 59.2 Å². The van der Waals surface area contributed by atoms with Gasteiger partial charge in [-0.3, -0.25) is 4.68 Å². The number of aromatic nitrogens is 2. The number of rotatable bonds is 4. The molecule has 4 rings (SSSR count). The summed E-state index contributed by atoms with van der Waals surface area (Å²) in [6.45, 7) is 0. The van der Waals surface area contributed by atoms with Gasteiger partial charge in [0, 0.05) is 10.8 Å². The first kappa shape index (κ1) is 19.2. The largest absolute Gasteiger partial charge is 0.497 e. The Bertz CT molecular complexity index is 1300. The molecular weight excluding hydrogens is 394 g/mol. The lowest BCUT2D eigenvalue weighted by Crippen LogP contribution is -2.24. The van der Waals surface area contributed by atoms with Crippen molar-refractivity contribution in [1.29, 1.82) is 0 Å². The molecule has 0 fully saturated rings. The lowest BCUT2D eigenvalue weighted by atomic mass is 9.98. The van der Waals surface area contributed by atoms with E-state index >= 15 is 0 Å². The highest BCUT2D eigenvalue weighted by Crippen LogP contribution is 2.36. The highest BCUT2D eigenvalue weighted by Gasteiger charge is 2.30. The first-order valence-corrected chi connectivity index (χ1v) is 10.3. The maximum atomic E-state index is 12.4. The molecule has 0 saturated heterocycles. The molecule has 1 aliphatic carbocycles. The number of ether oxygens (including phenoxy) is 2. The molecule has 2 aromatic carbocycles. The summed E-state index contributed by atoms with van der Waals surface area (Å²) in [6, 6.07) is 9.10. The van der Waals surface area contributed by atoms with Crippen LogP contribution in [-0.2, 0) is 19.6 Å². The third-order valence-corrected chi connectivity index (χ3v) is 5.97. The number of benzene rings is 2. The van der Waals surface area contributed by atoms with Gasteiger partial charge in [0.25, 0.3) is 0 Å². The zero-order chi connectivity index (χ0) is 20.8. The fourth-order valence-corrected chi connectivity index (χ4v) is 4.24. The van der Waals surface area contributed by atoms with Crippen LogP contribution in [0.4, 0.5) is 0 Å². The van der Waals surface area contributed by atoms with Crippen molar-refractivity contribution in [3.63, 3.8) is 0 Å². The molecule has 1 aromatic heterocycles. The predicted molar refractivity (Wildman–Crippen MR) is 109 cm³/mol. The Balaban J connectivity index is 1.92. The summed E-state index contributed by atoms with van der Waals surface area (Å²) in [6.07, 6.45) is 4.70. The molecule has 2 N–H and O–H groups in total. The molecule has 0 amide bonds. The number of carbonyl (C=O) groups excluding carboxylic acids is 1. The van der Waals surface area contributed by atoms with E-state index in [1.807, 2.05) is 30.3 Å². The van der Waals surface area contributed by atoms with Gasteiger partial charge in [-0.1, -0.05) is 18.2 Å². The SMILES string of the molecule is COC(=O)C1=CC(S(N)(=O)=O)=CCC1n1ncc2ccc3cc(OC)ccc3c21. The summed E-state index contributed by atoms with van der Waals surface area (Å²) in [5.74, 6) is 0.103. The fraction of sp³-hybridized carbons (Fsp3) is 0.200. The maximum absolute atomic E-state index is 12.4. The molecule has 1 heterocycles. The van der Waals surface area contributed by atoms with Crippen LogP contribution in [0.3, 0.4) is 0 Å². The van der Waals surface area contributed by atoms with E-state index in [0.717, 1.165) is 27.4 Å². The molecule has 0 saturated carbocycles. The van der Waals surface area contributed by atoms with Crippen LogP contribution in [0.25, 0.3) is 21.7 Å². The van der Waals surface area contributed by atoms with E-state index in [9.17, 15) is 13.2 Å². The Hall–Kier alpha value is -3.17. The number of fused-ring (bicyclic) bond motifs is 3. The number of hydrogen-bond donors (Lipinski definition) is 1. The van der Waals surface area contributed by atoms with Crippen molar-refractivity contribution in [1.82, 2.24) is 9.78 Å². The number of methoxy groups -OCH3 is 2. The topological polar surface area (TPSA) is 114 Å². The lowest BCUT2D eigenvalue weighted by molar-refractivity contribution is -0.136. The van der Waals surface area contributed by atoms with E-state index in [1.54, 1.807) is 18.0 Å². The summed E-state index contributed by atoms with van der Waals surface area (Å²) in [5.41, 5.74) is 1.01. The molecule has 8 nitrogen and oxygen atoms in total. The zero-order valence-corrected chi connectivity index (χ0v) is 16.6. The molecule has 9 heteroatoms. The average Bonchev–Trinajstić information content (AvgIpc) is 3.16. The standard InChI is InChI=1S/C20H19N3O5S/c1-27-14-5-7-16-12(9-14)3-4-13-11-22-23(19(13)16)18-8-6-15(29(21,25)26)10-17(18)20(24)28-2/h3-7,9-11,18H,8H2,1-2H3,(H2,21,25,26). The van der Waals surface area contributed by atoms with E-state index in [1.165, 1.54) is 19.3 Å². The summed E-state index contributed by atoms with van der Waals surface area (Å²) in [7, 11) is -1.09. The third kappa shape index (κ3) is 3.28. The normalized spacial score (nSPS) is 17.1. The number of primary sulfonamides is 1. The van der Waals surface area contributed by atoms with E-state index in [0.29, 0.717) is 0 Å². The molecule has 1 atom stereocenters. The minimum Gasteiger partial charge on any atom is -0.497 e. The van der Waals surface area contributed by atoms with Crippen molar-refractivity contribution in [2.24, 2.45) is 5.14 Å². The zero-order valence-electron chi connectivity index (χ0n) is 15.8. The van der Waals surface area contributed by atoms with E-state index < -0.39 is 22.0 Å². The van der Waals surface area contributed by atoms with Crippen LogP contribution in [0.5, 0.6) is 5.75 Å². The van der Waals surface area contributed by atoms with Crippen LogP contribution in [0.1, 0.15) is 12.5 Å². The molecule has 29 heavy (non-hydrogen) atoms. The van der Waals surface area contributed by atoms with Gasteiger partial charge < -0.3 is 9.47 Å². The van der Waals surface area contributed by atoms with Crippen LogP contribution >= 0.6 is 0 Å². The number of hydrogen-bond acceptors (Lipinski definition) is 6. The van der Waals surface area contributed by atoms with Gasteiger partial charge in [-0.2, -0.15) is 5.10 Å². The second kappa shape index (κ2) is 7.02. The van der Waals surface area contributed by atoms with Gasteiger partial charge >= 0.3 is 5.97 Å². The number of allylic oxidation sites excluding steroid dienone is 2. The van der Waals surface area contributed by atoms with Crippen LogP contribution in [0, 0.1) is 0 Å². The number of carbonyl (C=O) groups is 1. The van der Waals surface area contributed by atoms with Crippen molar-refractivity contribution in [3.05, 3.63) is 59.2 Å². The summed E-state index contributed by atoms with van der Waals surface area (Å²) < 4.78 is 35.4. The number of nitrogens with zero attached hydrogens (tertiary/aromatic N) is 2. The summed E-state index contributed by atoms with van der Waals surface area (Å²) in [5, 5.41) is 12.5. The summed E-state index contributed by atoms with van der Waals surface area (Å²) >= 11 is 0. The number of nitrogens with two attached hydrogens (primary N) is 1. The van der Waals surface area contributed by atoms with Gasteiger partial charge in [0.1, 0.15) is 5.75 Å². The maximum Gasteiger partial charge on any atom is 0.335 e. The second-order valence-corrected chi connectivity index (χ2v) is 8.24.